The third-order valence-corrected chi connectivity index (χ3v) is 3.66. The van der Waals surface area contributed by atoms with Gasteiger partial charge in [0.15, 0.2) is 3.77 Å². The van der Waals surface area contributed by atoms with Crippen molar-refractivity contribution in [3.05, 3.63) is 57.6 Å². The molecule has 0 saturated heterocycles. The van der Waals surface area contributed by atoms with E-state index in [0.717, 1.165) is 9.52 Å². The van der Waals surface area contributed by atoms with E-state index in [-0.39, 0.29) is 5.91 Å². The minimum absolute atomic E-state index is 0.0843. The van der Waals surface area contributed by atoms with Crippen molar-refractivity contribution in [2.75, 3.05) is 20.2 Å². The molecule has 0 fully saturated rings. The lowest BCUT2D eigenvalue weighted by Crippen LogP contribution is -2.29. The second kappa shape index (κ2) is 8.03. The number of aryl methyl sites for hydroxylation is 1. The summed E-state index contributed by atoms with van der Waals surface area (Å²) in [5.41, 5.74) is 1.19. The summed E-state index contributed by atoms with van der Waals surface area (Å²) >= 11 is 2.08. The van der Waals surface area contributed by atoms with Gasteiger partial charge in [-0.3, -0.25) is 4.79 Å². The topological polar surface area (TPSA) is 42.7 Å². The van der Waals surface area contributed by atoms with Crippen molar-refractivity contribution in [3.63, 3.8) is 0 Å². The summed E-state index contributed by atoms with van der Waals surface area (Å²) < 4.78 is 11.8. The monoisotopic (exact) mass is 411 g/mol. The number of hydrogen-bond donors (Lipinski definition) is 0. The van der Waals surface area contributed by atoms with Crippen LogP contribution in [-0.2, 0) is 4.79 Å². The largest absolute Gasteiger partial charge is 0.492 e. The quantitative estimate of drug-likeness (QED) is 0.537. The molecule has 1 aromatic carbocycles. The van der Waals surface area contributed by atoms with Crippen LogP contribution in [0.3, 0.4) is 0 Å². The Kier molecular flexibility index (Phi) is 6.06. The highest BCUT2D eigenvalue weighted by atomic mass is 127. The number of nitrogens with zero attached hydrogens (tertiary/aromatic N) is 1. The summed E-state index contributed by atoms with van der Waals surface area (Å²) in [6.45, 7) is 3.01. The molecular weight excluding hydrogens is 393 g/mol. The molecule has 1 heterocycles. The van der Waals surface area contributed by atoms with Gasteiger partial charge in [0.2, 0.25) is 5.91 Å². The normalized spacial score (nSPS) is 10.9. The van der Waals surface area contributed by atoms with Crippen LogP contribution in [-0.4, -0.2) is 31.0 Å². The summed E-state index contributed by atoms with van der Waals surface area (Å²) in [5.74, 6) is 1.40. The number of amides is 1. The van der Waals surface area contributed by atoms with Gasteiger partial charge in [-0.05, 0) is 59.9 Å². The van der Waals surface area contributed by atoms with Crippen molar-refractivity contribution in [1.82, 2.24) is 4.90 Å². The molecule has 0 atom stereocenters. The number of hydrogen-bond acceptors (Lipinski definition) is 3. The summed E-state index contributed by atoms with van der Waals surface area (Å²) in [6.07, 6.45) is 3.17. The van der Waals surface area contributed by atoms with Gasteiger partial charge in [-0.15, -0.1) is 0 Å². The van der Waals surface area contributed by atoms with Crippen molar-refractivity contribution in [3.8, 4) is 5.75 Å². The molecule has 0 N–H and O–H groups in total. The Morgan fingerprint density at radius 3 is 2.64 bits per heavy atom. The van der Waals surface area contributed by atoms with E-state index in [9.17, 15) is 4.79 Å². The summed E-state index contributed by atoms with van der Waals surface area (Å²) in [4.78, 5) is 13.6. The van der Waals surface area contributed by atoms with E-state index in [1.54, 1.807) is 18.0 Å². The van der Waals surface area contributed by atoms with E-state index >= 15 is 0 Å². The molecule has 2 rings (SSSR count). The fourth-order valence-electron chi connectivity index (χ4n) is 1.74. The molecule has 1 aromatic heterocycles. The summed E-state index contributed by atoms with van der Waals surface area (Å²) in [6, 6.07) is 11.5. The zero-order valence-electron chi connectivity index (χ0n) is 12.6. The van der Waals surface area contributed by atoms with Crippen molar-refractivity contribution in [2.45, 2.75) is 6.92 Å². The average molecular weight is 411 g/mol. The molecule has 0 aliphatic heterocycles. The van der Waals surface area contributed by atoms with Crippen molar-refractivity contribution < 1.29 is 13.9 Å². The Hall–Kier alpha value is -1.76. The predicted molar refractivity (Wildman–Crippen MR) is 94.8 cm³/mol. The highest BCUT2D eigenvalue weighted by Gasteiger charge is 2.05. The Bertz CT molecular complexity index is 646. The molecule has 0 aliphatic rings. The Morgan fingerprint density at radius 1 is 1.27 bits per heavy atom. The van der Waals surface area contributed by atoms with Gasteiger partial charge >= 0.3 is 0 Å². The highest BCUT2D eigenvalue weighted by Crippen LogP contribution is 2.12. The first-order valence-corrected chi connectivity index (χ1v) is 8.00. The van der Waals surface area contributed by atoms with Crippen LogP contribution in [0.4, 0.5) is 0 Å². The molecule has 4 nitrogen and oxygen atoms in total. The molecule has 0 saturated carbocycles. The number of halogens is 1. The van der Waals surface area contributed by atoms with Gasteiger partial charge in [-0.1, -0.05) is 17.7 Å². The predicted octanol–water partition coefficient (Wildman–Crippen LogP) is 3.74. The van der Waals surface area contributed by atoms with Gasteiger partial charge in [-0.2, -0.15) is 0 Å². The zero-order chi connectivity index (χ0) is 15.9. The minimum atomic E-state index is -0.0843. The molecule has 0 bridgehead atoms. The first kappa shape index (κ1) is 16.6. The summed E-state index contributed by atoms with van der Waals surface area (Å²) in [5, 5.41) is 0. The molecule has 5 heteroatoms. The van der Waals surface area contributed by atoms with Gasteiger partial charge in [-0.25, -0.2) is 0 Å². The third-order valence-electron chi connectivity index (χ3n) is 3.08. The number of benzene rings is 1. The lowest BCUT2D eigenvalue weighted by molar-refractivity contribution is -0.125. The molecule has 1 amide bonds. The minimum Gasteiger partial charge on any atom is -0.492 e. The highest BCUT2D eigenvalue weighted by molar-refractivity contribution is 14.1. The molecule has 116 valence electrons. The first-order valence-electron chi connectivity index (χ1n) is 6.92. The Morgan fingerprint density at radius 2 is 2.00 bits per heavy atom. The fraction of sp³-hybridized carbons (Fsp3) is 0.235. The molecule has 2 aromatic rings. The van der Waals surface area contributed by atoms with E-state index in [4.69, 9.17) is 9.15 Å². The maximum absolute atomic E-state index is 12.0. The third kappa shape index (κ3) is 5.22. The second-order valence-corrected chi connectivity index (χ2v) is 5.96. The van der Waals surface area contributed by atoms with Gasteiger partial charge in [0, 0.05) is 13.1 Å². The number of rotatable bonds is 6. The van der Waals surface area contributed by atoms with Crippen LogP contribution in [0.15, 0.2) is 46.9 Å². The Balaban J connectivity index is 1.76. The van der Waals surface area contributed by atoms with Crippen LogP contribution >= 0.6 is 22.6 Å². The summed E-state index contributed by atoms with van der Waals surface area (Å²) in [7, 11) is 1.75. The van der Waals surface area contributed by atoms with Gasteiger partial charge in [0.05, 0.1) is 6.54 Å². The SMILES string of the molecule is Cc1ccc(OCCN(C)C(=O)/C=C/c2ccc(I)o2)cc1. The van der Waals surface area contributed by atoms with Crippen molar-refractivity contribution >= 4 is 34.6 Å². The molecular formula is C17H18INO3. The number of likely N-dealkylation sites (N-methyl/N-ethyl adjacent to an activating group) is 1. The van der Waals surface area contributed by atoms with E-state index in [0.29, 0.717) is 18.9 Å². The smallest absolute Gasteiger partial charge is 0.246 e. The standard InChI is InChI=1S/C17H18INO3/c1-13-3-5-14(6-4-13)21-12-11-19(2)17(20)10-8-15-7-9-16(18)22-15/h3-10H,11-12H2,1-2H3/b10-8+. The molecule has 0 radical (unpaired) electrons. The van der Waals surface area contributed by atoms with Crippen LogP contribution in [0, 0.1) is 10.7 Å². The van der Waals surface area contributed by atoms with E-state index in [1.165, 1.54) is 11.6 Å². The lowest BCUT2D eigenvalue weighted by atomic mass is 10.2. The van der Waals surface area contributed by atoms with Crippen LogP contribution in [0.5, 0.6) is 5.75 Å². The van der Waals surface area contributed by atoms with E-state index in [2.05, 4.69) is 22.6 Å². The zero-order valence-corrected chi connectivity index (χ0v) is 14.7. The number of carbonyl (C=O) groups is 1. The Labute approximate surface area is 143 Å². The lowest BCUT2D eigenvalue weighted by Gasteiger charge is -2.15. The fourth-order valence-corrected chi connectivity index (χ4v) is 2.18. The van der Waals surface area contributed by atoms with Crippen LogP contribution in [0.1, 0.15) is 11.3 Å². The van der Waals surface area contributed by atoms with Crippen molar-refractivity contribution in [2.24, 2.45) is 0 Å². The number of furan rings is 1. The van der Waals surface area contributed by atoms with Crippen LogP contribution < -0.4 is 4.74 Å². The maximum Gasteiger partial charge on any atom is 0.246 e. The van der Waals surface area contributed by atoms with Crippen molar-refractivity contribution in [1.29, 1.82) is 0 Å². The number of ether oxygens (including phenoxy) is 1. The molecule has 0 aliphatic carbocycles. The second-order valence-electron chi connectivity index (χ2n) is 4.90. The van der Waals surface area contributed by atoms with Crippen LogP contribution in [0.2, 0.25) is 0 Å². The first-order chi connectivity index (χ1) is 10.5. The molecule has 0 spiro atoms. The van der Waals surface area contributed by atoms with Crippen LogP contribution in [0.25, 0.3) is 6.08 Å². The average Bonchev–Trinajstić information content (AvgIpc) is 2.92. The van der Waals surface area contributed by atoms with E-state index in [1.807, 2.05) is 43.3 Å². The van der Waals surface area contributed by atoms with Gasteiger partial charge in [0.1, 0.15) is 18.1 Å². The number of carbonyl (C=O) groups excluding carboxylic acids is 1. The van der Waals surface area contributed by atoms with Gasteiger partial charge < -0.3 is 14.1 Å². The molecule has 0 unspecified atom stereocenters. The maximum atomic E-state index is 12.0. The molecule has 22 heavy (non-hydrogen) atoms. The van der Waals surface area contributed by atoms with E-state index < -0.39 is 0 Å². The van der Waals surface area contributed by atoms with Gasteiger partial charge in [0.25, 0.3) is 0 Å².